The average molecular weight is 265 g/mol. The number of nitrogen functional groups attached to an aromatic ring is 1. The molecule has 0 saturated heterocycles. The molecule has 0 atom stereocenters. The Hall–Kier alpha value is -2.67. The van der Waals surface area contributed by atoms with Gasteiger partial charge in [-0.2, -0.15) is 0 Å². The summed E-state index contributed by atoms with van der Waals surface area (Å²) in [6, 6.07) is 9.33. The van der Waals surface area contributed by atoms with E-state index in [-0.39, 0.29) is 5.91 Å². The van der Waals surface area contributed by atoms with E-state index in [0.717, 1.165) is 18.4 Å². The van der Waals surface area contributed by atoms with Crippen LogP contribution in [0.15, 0.2) is 36.5 Å². The predicted molar refractivity (Wildman–Crippen MR) is 79.4 cm³/mol. The number of nitrogens with one attached hydrogen (secondary N) is 1. The van der Waals surface area contributed by atoms with E-state index in [1.165, 1.54) is 0 Å². The number of hydrogen-bond donors (Lipinski definition) is 2. The second-order valence-electron chi connectivity index (χ2n) is 4.98. The zero-order chi connectivity index (χ0) is 14.1. The minimum absolute atomic E-state index is 0.164. The molecule has 2 aromatic rings. The van der Waals surface area contributed by atoms with Crippen LogP contribution in [0.4, 0.5) is 11.4 Å². The minimum Gasteiger partial charge on any atom is -0.397 e. The first-order chi connectivity index (χ1) is 9.67. The maximum absolute atomic E-state index is 12.3. The van der Waals surface area contributed by atoms with Crippen LogP contribution in [-0.4, -0.2) is 10.5 Å². The molecule has 0 bridgehead atoms. The summed E-state index contributed by atoms with van der Waals surface area (Å²) in [6.45, 7) is 0. The molecule has 1 amide bonds. The second kappa shape index (κ2) is 4.78. The average Bonchev–Trinajstić information content (AvgIpc) is 3.21. The third kappa shape index (κ3) is 2.39. The van der Waals surface area contributed by atoms with Gasteiger partial charge >= 0.3 is 0 Å². The molecular weight excluding hydrogens is 250 g/mol. The Balaban J connectivity index is 1.84. The molecule has 1 heterocycles. The van der Waals surface area contributed by atoms with Crippen molar-refractivity contribution in [2.45, 2.75) is 18.9 Å². The fourth-order valence-corrected chi connectivity index (χ4v) is 2.22. The van der Waals surface area contributed by atoms with Gasteiger partial charge in [-0.3, -0.25) is 4.79 Å². The van der Waals surface area contributed by atoms with Gasteiger partial charge in [-0.25, -0.2) is 0 Å². The third-order valence-electron chi connectivity index (χ3n) is 3.33. The van der Waals surface area contributed by atoms with Gasteiger partial charge in [-0.05, 0) is 37.1 Å². The fraction of sp³-hybridized carbons (Fsp3) is 0.188. The summed E-state index contributed by atoms with van der Waals surface area (Å²) in [5, 5.41) is 2.86. The number of benzene rings is 1. The Morgan fingerprint density at radius 2 is 2.20 bits per heavy atom. The molecule has 1 fully saturated rings. The van der Waals surface area contributed by atoms with E-state index in [2.05, 4.69) is 11.2 Å². The van der Waals surface area contributed by atoms with Gasteiger partial charge in [0.25, 0.3) is 5.91 Å². The third-order valence-corrected chi connectivity index (χ3v) is 3.33. The lowest BCUT2D eigenvalue weighted by Crippen LogP contribution is -2.16. The topological polar surface area (TPSA) is 60.1 Å². The van der Waals surface area contributed by atoms with Gasteiger partial charge in [0, 0.05) is 23.5 Å². The molecule has 1 aliphatic rings. The Morgan fingerprint density at radius 1 is 1.40 bits per heavy atom. The zero-order valence-electron chi connectivity index (χ0n) is 11.0. The highest BCUT2D eigenvalue weighted by Crippen LogP contribution is 2.37. The Kier molecular flexibility index (Phi) is 2.96. The van der Waals surface area contributed by atoms with Crippen molar-refractivity contribution >= 4 is 17.3 Å². The van der Waals surface area contributed by atoms with Crippen molar-refractivity contribution in [3.63, 3.8) is 0 Å². The summed E-state index contributed by atoms with van der Waals surface area (Å²) in [6.07, 6.45) is 9.37. The van der Waals surface area contributed by atoms with Crippen LogP contribution in [0.2, 0.25) is 0 Å². The number of anilines is 2. The van der Waals surface area contributed by atoms with Crippen molar-refractivity contribution in [3.05, 3.63) is 47.8 Å². The van der Waals surface area contributed by atoms with Crippen molar-refractivity contribution in [2.24, 2.45) is 0 Å². The van der Waals surface area contributed by atoms with Crippen molar-refractivity contribution in [1.29, 1.82) is 0 Å². The number of carbonyl (C=O) groups is 1. The standard InChI is InChI=1S/C16H15N3O/c1-2-11-4-3-5-13(8-11)18-16(20)15-9-12(17)10-19(15)14-6-7-14/h1,3-5,8-10,14H,6-7,17H2,(H,18,20). The monoisotopic (exact) mass is 265 g/mol. The number of aromatic nitrogens is 1. The Labute approximate surface area is 117 Å². The number of nitrogens with zero attached hydrogens (tertiary/aromatic N) is 1. The van der Waals surface area contributed by atoms with Crippen LogP contribution in [0.3, 0.4) is 0 Å². The molecule has 0 unspecified atom stereocenters. The maximum Gasteiger partial charge on any atom is 0.272 e. The highest BCUT2D eigenvalue weighted by Gasteiger charge is 2.27. The first-order valence-corrected chi connectivity index (χ1v) is 6.53. The zero-order valence-corrected chi connectivity index (χ0v) is 11.0. The molecule has 4 nitrogen and oxygen atoms in total. The second-order valence-corrected chi connectivity index (χ2v) is 4.98. The Bertz CT molecular complexity index is 705. The van der Waals surface area contributed by atoms with E-state index in [1.807, 2.05) is 29.0 Å². The molecule has 1 aromatic heterocycles. The van der Waals surface area contributed by atoms with Crippen molar-refractivity contribution in [1.82, 2.24) is 4.57 Å². The van der Waals surface area contributed by atoms with Gasteiger partial charge in [0.1, 0.15) is 5.69 Å². The molecule has 0 radical (unpaired) electrons. The van der Waals surface area contributed by atoms with E-state index in [9.17, 15) is 4.79 Å². The number of hydrogen-bond acceptors (Lipinski definition) is 2. The lowest BCUT2D eigenvalue weighted by molar-refractivity contribution is 0.101. The van der Waals surface area contributed by atoms with Crippen molar-refractivity contribution < 1.29 is 4.79 Å². The smallest absolute Gasteiger partial charge is 0.272 e. The summed E-state index contributed by atoms with van der Waals surface area (Å²) in [5.74, 6) is 2.38. The minimum atomic E-state index is -0.164. The first kappa shape index (κ1) is 12.4. The van der Waals surface area contributed by atoms with E-state index in [4.69, 9.17) is 12.2 Å². The number of terminal acetylenes is 1. The summed E-state index contributed by atoms with van der Waals surface area (Å²) in [5.41, 5.74) is 8.42. The number of amides is 1. The van der Waals surface area contributed by atoms with Crippen molar-refractivity contribution in [2.75, 3.05) is 11.1 Å². The van der Waals surface area contributed by atoms with Gasteiger partial charge in [-0.15, -0.1) is 6.42 Å². The largest absolute Gasteiger partial charge is 0.397 e. The van der Waals surface area contributed by atoms with E-state index in [0.29, 0.717) is 23.1 Å². The number of carbonyl (C=O) groups excluding carboxylic acids is 1. The highest BCUT2D eigenvalue weighted by atomic mass is 16.1. The molecule has 3 rings (SSSR count). The van der Waals surface area contributed by atoms with Gasteiger partial charge in [0.2, 0.25) is 0 Å². The van der Waals surface area contributed by atoms with Crippen LogP contribution in [0, 0.1) is 12.3 Å². The molecule has 1 aliphatic carbocycles. The molecule has 3 N–H and O–H groups in total. The summed E-state index contributed by atoms with van der Waals surface area (Å²) in [7, 11) is 0. The Morgan fingerprint density at radius 3 is 2.90 bits per heavy atom. The lowest BCUT2D eigenvalue weighted by Gasteiger charge is -2.08. The molecule has 1 saturated carbocycles. The van der Waals surface area contributed by atoms with Gasteiger partial charge in [-0.1, -0.05) is 12.0 Å². The maximum atomic E-state index is 12.3. The van der Waals surface area contributed by atoms with Gasteiger partial charge < -0.3 is 15.6 Å². The predicted octanol–water partition coefficient (Wildman–Crippen LogP) is 2.64. The van der Waals surface area contributed by atoms with Gasteiger partial charge in [0.05, 0.1) is 5.69 Å². The van der Waals surface area contributed by atoms with Crippen LogP contribution < -0.4 is 11.1 Å². The fourth-order valence-electron chi connectivity index (χ4n) is 2.22. The molecule has 20 heavy (non-hydrogen) atoms. The summed E-state index contributed by atoms with van der Waals surface area (Å²) >= 11 is 0. The van der Waals surface area contributed by atoms with E-state index in [1.54, 1.807) is 12.1 Å². The molecule has 100 valence electrons. The SMILES string of the molecule is C#Cc1cccc(NC(=O)c2cc(N)cn2C2CC2)c1. The van der Waals surface area contributed by atoms with Gasteiger partial charge in [0.15, 0.2) is 0 Å². The summed E-state index contributed by atoms with van der Waals surface area (Å²) < 4.78 is 1.95. The molecule has 0 spiro atoms. The van der Waals surface area contributed by atoms with Crippen LogP contribution in [0.25, 0.3) is 0 Å². The van der Waals surface area contributed by atoms with Crippen molar-refractivity contribution in [3.8, 4) is 12.3 Å². The van der Waals surface area contributed by atoms with E-state index < -0.39 is 0 Å². The first-order valence-electron chi connectivity index (χ1n) is 6.53. The number of rotatable bonds is 3. The highest BCUT2D eigenvalue weighted by molar-refractivity contribution is 6.04. The van der Waals surface area contributed by atoms with Crippen LogP contribution in [0.5, 0.6) is 0 Å². The molecule has 4 heteroatoms. The molecule has 0 aliphatic heterocycles. The quantitative estimate of drug-likeness (QED) is 0.838. The summed E-state index contributed by atoms with van der Waals surface area (Å²) in [4.78, 5) is 12.3. The van der Waals surface area contributed by atoms with Crippen LogP contribution >= 0.6 is 0 Å². The molecule has 1 aromatic carbocycles. The van der Waals surface area contributed by atoms with Crippen LogP contribution in [0.1, 0.15) is 34.9 Å². The lowest BCUT2D eigenvalue weighted by atomic mass is 10.2. The normalized spacial score (nSPS) is 13.8. The number of nitrogens with two attached hydrogens (primary N) is 1. The van der Waals surface area contributed by atoms with E-state index >= 15 is 0 Å². The molecular formula is C16H15N3O. The van der Waals surface area contributed by atoms with Crippen LogP contribution in [-0.2, 0) is 0 Å².